The second-order valence-electron chi connectivity index (χ2n) is 4.72. The summed E-state index contributed by atoms with van der Waals surface area (Å²) in [4.78, 5) is 3.30. The standard InChI is InChI=1S/C16H15NO2S/c1-2-12-7-9-14(10-8-12)20(18,19)16-11-13-5-3-4-6-15(13)17-16/h3-11,17H,2H2,1H3. The van der Waals surface area contributed by atoms with E-state index in [1.807, 2.05) is 43.3 Å². The number of hydrogen-bond donors (Lipinski definition) is 1. The first kappa shape index (κ1) is 12.9. The number of aromatic nitrogens is 1. The summed E-state index contributed by atoms with van der Waals surface area (Å²) < 4.78 is 25.1. The average Bonchev–Trinajstić information content (AvgIpc) is 2.92. The van der Waals surface area contributed by atoms with Gasteiger partial charge in [-0.05, 0) is 36.2 Å². The first-order valence-electron chi connectivity index (χ1n) is 6.53. The van der Waals surface area contributed by atoms with Gasteiger partial charge in [-0.2, -0.15) is 0 Å². The lowest BCUT2D eigenvalue weighted by molar-refractivity contribution is 0.593. The van der Waals surface area contributed by atoms with Gasteiger partial charge in [0.25, 0.3) is 0 Å². The third-order valence-electron chi connectivity index (χ3n) is 3.44. The van der Waals surface area contributed by atoms with Crippen molar-refractivity contribution in [2.24, 2.45) is 0 Å². The Morgan fingerprint density at radius 1 is 1.00 bits per heavy atom. The van der Waals surface area contributed by atoms with Gasteiger partial charge in [-0.15, -0.1) is 0 Å². The lowest BCUT2D eigenvalue weighted by Gasteiger charge is -2.03. The van der Waals surface area contributed by atoms with Crippen LogP contribution in [0.4, 0.5) is 0 Å². The van der Waals surface area contributed by atoms with E-state index in [1.165, 1.54) is 0 Å². The van der Waals surface area contributed by atoms with Crippen LogP contribution in [0.2, 0.25) is 0 Å². The molecule has 4 heteroatoms. The smallest absolute Gasteiger partial charge is 0.221 e. The summed E-state index contributed by atoms with van der Waals surface area (Å²) in [6.45, 7) is 2.04. The van der Waals surface area contributed by atoms with Crippen LogP contribution in [-0.2, 0) is 16.3 Å². The Morgan fingerprint density at radius 2 is 1.70 bits per heavy atom. The highest BCUT2D eigenvalue weighted by molar-refractivity contribution is 7.91. The van der Waals surface area contributed by atoms with Crippen molar-refractivity contribution in [1.82, 2.24) is 4.98 Å². The van der Waals surface area contributed by atoms with Crippen LogP contribution >= 0.6 is 0 Å². The molecule has 0 saturated carbocycles. The number of nitrogens with one attached hydrogen (secondary N) is 1. The maximum absolute atomic E-state index is 12.6. The number of benzene rings is 2. The Morgan fingerprint density at radius 3 is 2.35 bits per heavy atom. The molecule has 0 amide bonds. The van der Waals surface area contributed by atoms with Gasteiger partial charge < -0.3 is 4.98 Å². The molecular formula is C16H15NO2S. The molecule has 1 N–H and O–H groups in total. The fourth-order valence-corrected chi connectivity index (χ4v) is 3.50. The van der Waals surface area contributed by atoms with Crippen molar-refractivity contribution in [2.75, 3.05) is 0 Å². The Hall–Kier alpha value is -2.07. The Kier molecular flexibility index (Phi) is 3.10. The molecule has 3 nitrogen and oxygen atoms in total. The molecule has 0 aliphatic heterocycles. The average molecular weight is 285 g/mol. The molecule has 3 rings (SSSR count). The van der Waals surface area contributed by atoms with Crippen molar-refractivity contribution in [3.8, 4) is 0 Å². The van der Waals surface area contributed by atoms with Crippen molar-refractivity contribution in [3.63, 3.8) is 0 Å². The van der Waals surface area contributed by atoms with E-state index >= 15 is 0 Å². The molecule has 3 aromatic rings. The maximum Gasteiger partial charge on any atom is 0.221 e. The van der Waals surface area contributed by atoms with Gasteiger partial charge in [0.2, 0.25) is 9.84 Å². The van der Waals surface area contributed by atoms with E-state index in [-0.39, 0.29) is 5.03 Å². The summed E-state index contributed by atoms with van der Waals surface area (Å²) in [5.74, 6) is 0. The van der Waals surface area contributed by atoms with Gasteiger partial charge in [-0.25, -0.2) is 8.42 Å². The normalized spacial score (nSPS) is 11.8. The highest BCUT2D eigenvalue weighted by Gasteiger charge is 2.19. The monoisotopic (exact) mass is 285 g/mol. The molecule has 2 aromatic carbocycles. The number of aryl methyl sites for hydroxylation is 1. The zero-order valence-electron chi connectivity index (χ0n) is 11.1. The molecule has 0 saturated heterocycles. The van der Waals surface area contributed by atoms with Crippen LogP contribution in [0.25, 0.3) is 10.9 Å². The van der Waals surface area contributed by atoms with Crippen molar-refractivity contribution >= 4 is 20.7 Å². The van der Waals surface area contributed by atoms with Gasteiger partial charge in [0.15, 0.2) is 0 Å². The van der Waals surface area contributed by atoms with Crippen LogP contribution in [0.1, 0.15) is 12.5 Å². The van der Waals surface area contributed by atoms with Gasteiger partial charge in [-0.3, -0.25) is 0 Å². The first-order valence-corrected chi connectivity index (χ1v) is 8.01. The minimum atomic E-state index is -3.48. The molecule has 0 radical (unpaired) electrons. The van der Waals surface area contributed by atoms with Crippen molar-refractivity contribution < 1.29 is 8.42 Å². The zero-order valence-corrected chi connectivity index (χ0v) is 11.9. The number of sulfone groups is 1. The third-order valence-corrected chi connectivity index (χ3v) is 5.13. The SMILES string of the molecule is CCc1ccc(S(=O)(=O)c2cc3ccccc3[nH]2)cc1. The van der Waals surface area contributed by atoms with Crippen molar-refractivity contribution in [2.45, 2.75) is 23.3 Å². The zero-order chi connectivity index (χ0) is 14.2. The van der Waals surface area contributed by atoms with E-state index in [0.29, 0.717) is 4.90 Å². The fourth-order valence-electron chi connectivity index (χ4n) is 2.22. The van der Waals surface area contributed by atoms with Crippen LogP contribution in [0.3, 0.4) is 0 Å². The number of aromatic amines is 1. The van der Waals surface area contributed by atoms with E-state index in [2.05, 4.69) is 4.98 Å². The molecule has 0 atom stereocenters. The summed E-state index contributed by atoms with van der Waals surface area (Å²) in [5.41, 5.74) is 1.96. The molecule has 0 aliphatic carbocycles. The van der Waals surface area contributed by atoms with Gasteiger partial charge in [0.05, 0.1) is 4.90 Å². The minimum Gasteiger partial charge on any atom is -0.345 e. The van der Waals surface area contributed by atoms with Crippen LogP contribution in [0, 0.1) is 0 Å². The number of H-pyrrole nitrogens is 1. The molecule has 0 unspecified atom stereocenters. The number of rotatable bonds is 3. The quantitative estimate of drug-likeness (QED) is 0.800. The van der Waals surface area contributed by atoms with Crippen LogP contribution < -0.4 is 0 Å². The van der Waals surface area contributed by atoms with Gasteiger partial charge in [-0.1, -0.05) is 37.3 Å². The summed E-state index contributed by atoms with van der Waals surface area (Å²) in [7, 11) is -3.48. The second kappa shape index (κ2) is 4.80. The molecule has 1 aromatic heterocycles. The van der Waals surface area contributed by atoms with E-state index in [9.17, 15) is 8.42 Å². The van der Waals surface area contributed by atoms with Crippen LogP contribution in [0.15, 0.2) is 64.5 Å². The minimum absolute atomic E-state index is 0.239. The highest BCUT2D eigenvalue weighted by Crippen LogP contribution is 2.24. The summed E-state index contributed by atoms with van der Waals surface area (Å²) in [5, 5.41) is 1.14. The lowest BCUT2D eigenvalue weighted by Crippen LogP contribution is -2.02. The second-order valence-corrected chi connectivity index (χ2v) is 6.64. The molecule has 20 heavy (non-hydrogen) atoms. The van der Waals surface area contributed by atoms with E-state index < -0.39 is 9.84 Å². The van der Waals surface area contributed by atoms with Crippen LogP contribution in [-0.4, -0.2) is 13.4 Å². The Bertz CT molecular complexity index is 813. The predicted octanol–water partition coefficient (Wildman–Crippen LogP) is 3.56. The third kappa shape index (κ3) is 2.12. The maximum atomic E-state index is 12.6. The number of hydrogen-bond acceptors (Lipinski definition) is 2. The molecule has 102 valence electrons. The molecule has 0 bridgehead atoms. The van der Waals surface area contributed by atoms with Gasteiger partial charge in [0, 0.05) is 10.9 Å². The summed E-state index contributed by atoms with van der Waals surface area (Å²) >= 11 is 0. The van der Waals surface area contributed by atoms with E-state index in [1.54, 1.807) is 18.2 Å². The first-order chi connectivity index (χ1) is 9.61. The van der Waals surface area contributed by atoms with E-state index in [4.69, 9.17) is 0 Å². The molecule has 1 heterocycles. The van der Waals surface area contributed by atoms with Gasteiger partial charge in [0.1, 0.15) is 5.03 Å². The largest absolute Gasteiger partial charge is 0.345 e. The molecule has 0 spiro atoms. The van der Waals surface area contributed by atoms with Crippen molar-refractivity contribution in [3.05, 3.63) is 60.2 Å². The summed E-state index contributed by atoms with van der Waals surface area (Å²) in [6.07, 6.45) is 0.896. The number of para-hydroxylation sites is 1. The Labute approximate surface area is 118 Å². The molecule has 0 aliphatic rings. The van der Waals surface area contributed by atoms with Crippen LogP contribution in [0.5, 0.6) is 0 Å². The summed E-state index contributed by atoms with van der Waals surface area (Å²) in [6, 6.07) is 16.3. The van der Waals surface area contributed by atoms with E-state index in [0.717, 1.165) is 22.9 Å². The lowest BCUT2D eigenvalue weighted by atomic mass is 10.2. The fraction of sp³-hybridized carbons (Fsp3) is 0.125. The van der Waals surface area contributed by atoms with Gasteiger partial charge >= 0.3 is 0 Å². The van der Waals surface area contributed by atoms with Crippen molar-refractivity contribution in [1.29, 1.82) is 0 Å². The Balaban J connectivity index is 2.10. The molecule has 0 fully saturated rings. The topological polar surface area (TPSA) is 49.9 Å². The highest BCUT2D eigenvalue weighted by atomic mass is 32.2. The predicted molar refractivity (Wildman–Crippen MR) is 79.6 cm³/mol. The molecular weight excluding hydrogens is 270 g/mol. The number of fused-ring (bicyclic) bond motifs is 1.